The molecule has 0 heterocycles. The topological polar surface area (TPSA) is 78.9 Å². The second-order valence-corrected chi connectivity index (χ2v) is 22.7. The molecule has 0 amide bonds. The van der Waals surface area contributed by atoms with Crippen molar-refractivity contribution in [3.8, 4) is 0 Å². The van der Waals surface area contributed by atoms with E-state index in [-0.39, 0.29) is 31.1 Å². The van der Waals surface area contributed by atoms with Gasteiger partial charge in [-0.05, 0) is 51.4 Å². The van der Waals surface area contributed by atoms with Crippen molar-refractivity contribution in [3.63, 3.8) is 0 Å². The van der Waals surface area contributed by atoms with Gasteiger partial charge in [0.05, 0.1) is 0 Å². The van der Waals surface area contributed by atoms with E-state index in [0.29, 0.717) is 19.3 Å². The van der Waals surface area contributed by atoms with Crippen molar-refractivity contribution in [2.45, 2.75) is 380 Å². The predicted octanol–water partition coefficient (Wildman–Crippen LogP) is 22.6. The Hall–Kier alpha value is -2.11. The van der Waals surface area contributed by atoms with Crippen LogP contribution in [0.3, 0.4) is 0 Å². The second-order valence-electron chi connectivity index (χ2n) is 22.7. The molecule has 0 fully saturated rings. The smallest absolute Gasteiger partial charge is 0.306 e. The SMILES string of the molecule is CCCCCCC/C=C\C/C=C\CCCCCCCCCCCCCCCC(=O)OCC(COC(=O)CCCCCCCCC)OC(=O)CCCCCCCCCCCCCCCCCCCCCCCCCC. The van der Waals surface area contributed by atoms with Crippen LogP contribution in [0.4, 0.5) is 0 Å². The first kappa shape index (κ1) is 71.9. The molecule has 0 aromatic heterocycles. The fraction of sp³-hybridized carbons (Fsp3) is 0.897. The summed E-state index contributed by atoms with van der Waals surface area (Å²) in [7, 11) is 0. The summed E-state index contributed by atoms with van der Waals surface area (Å²) in [5.74, 6) is -0.847. The van der Waals surface area contributed by atoms with Gasteiger partial charge >= 0.3 is 17.9 Å². The Morgan fingerprint density at radius 1 is 0.270 bits per heavy atom. The number of esters is 3. The Morgan fingerprint density at radius 3 is 0.743 bits per heavy atom. The van der Waals surface area contributed by atoms with Crippen LogP contribution in [0, 0.1) is 0 Å². The van der Waals surface area contributed by atoms with Crippen molar-refractivity contribution in [2.75, 3.05) is 13.2 Å². The van der Waals surface area contributed by atoms with Crippen molar-refractivity contribution in [2.24, 2.45) is 0 Å². The number of rotatable bonds is 62. The zero-order valence-corrected chi connectivity index (χ0v) is 50.1. The number of unbranched alkanes of at least 4 members (excludes halogenated alkanes) is 47. The average Bonchev–Trinajstić information content (AvgIpc) is 3.40. The predicted molar refractivity (Wildman–Crippen MR) is 321 cm³/mol. The second kappa shape index (κ2) is 63.4. The molecule has 0 bridgehead atoms. The molecule has 0 aliphatic rings. The summed E-state index contributed by atoms with van der Waals surface area (Å²) >= 11 is 0. The van der Waals surface area contributed by atoms with Crippen LogP contribution in [0.5, 0.6) is 0 Å². The molecule has 6 heteroatoms. The third kappa shape index (κ3) is 60.8. The van der Waals surface area contributed by atoms with Gasteiger partial charge in [-0.25, -0.2) is 0 Å². The van der Waals surface area contributed by atoms with Gasteiger partial charge in [-0.2, -0.15) is 0 Å². The van der Waals surface area contributed by atoms with Crippen LogP contribution >= 0.6 is 0 Å². The Kier molecular flexibility index (Phi) is 61.6. The summed E-state index contributed by atoms with van der Waals surface area (Å²) in [5.41, 5.74) is 0. The van der Waals surface area contributed by atoms with Gasteiger partial charge in [-0.15, -0.1) is 0 Å². The number of carbonyl (C=O) groups excluding carboxylic acids is 3. The van der Waals surface area contributed by atoms with E-state index >= 15 is 0 Å². The van der Waals surface area contributed by atoms with Crippen molar-refractivity contribution < 1.29 is 28.6 Å². The van der Waals surface area contributed by atoms with Gasteiger partial charge in [-0.3, -0.25) is 14.4 Å². The highest BCUT2D eigenvalue weighted by atomic mass is 16.6. The third-order valence-electron chi connectivity index (χ3n) is 15.2. The molecule has 0 rings (SSSR count). The molecule has 0 N–H and O–H groups in total. The highest BCUT2D eigenvalue weighted by Crippen LogP contribution is 2.18. The van der Waals surface area contributed by atoms with Crippen molar-refractivity contribution in [1.82, 2.24) is 0 Å². The van der Waals surface area contributed by atoms with Gasteiger partial charge in [0.25, 0.3) is 0 Å². The number of hydrogen-bond acceptors (Lipinski definition) is 6. The van der Waals surface area contributed by atoms with Crippen LogP contribution in [0.2, 0.25) is 0 Å². The van der Waals surface area contributed by atoms with E-state index in [4.69, 9.17) is 14.2 Å². The van der Waals surface area contributed by atoms with E-state index < -0.39 is 6.10 Å². The van der Waals surface area contributed by atoms with Crippen LogP contribution in [0.25, 0.3) is 0 Å². The van der Waals surface area contributed by atoms with Crippen LogP contribution in [-0.4, -0.2) is 37.2 Å². The average molecular weight is 1040 g/mol. The normalized spacial score (nSPS) is 12.1. The molecule has 6 nitrogen and oxygen atoms in total. The summed E-state index contributed by atoms with van der Waals surface area (Å²) in [6, 6.07) is 0. The third-order valence-corrected chi connectivity index (χ3v) is 15.2. The standard InChI is InChI=1S/C68H128O6/c1-4-7-10-13-16-18-20-22-24-26-28-30-32-34-36-37-39-41-43-45-47-49-52-55-58-61-67(70)73-64-65(63-72-66(69)60-57-54-51-15-12-9-6-3)74-68(71)62-59-56-53-50-48-46-44-42-40-38-35-33-31-29-27-25-23-21-19-17-14-11-8-5-2/h20,22,26,28,65H,4-19,21,23-25,27,29-64H2,1-3H3/b22-20-,28-26-. The van der Waals surface area contributed by atoms with Crippen LogP contribution in [-0.2, 0) is 28.6 Å². The number of hydrogen-bond donors (Lipinski definition) is 0. The molecule has 74 heavy (non-hydrogen) atoms. The minimum Gasteiger partial charge on any atom is -0.462 e. The van der Waals surface area contributed by atoms with E-state index in [2.05, 4.69) is 45.1 Å². The lowest BCUT2D eigenvalue weighted by atomic mass is 10.0. The lowest BCUT2D eigenvalue weighted by molar-refractivity contribution is -0.167. The van der Waals surface area contributed by atoms with Gasteiger partial charge in [0, 0.05) is 19.3 Å². The molecule has 1 unspecified atom stereocenters. The molecule has 0 radical (unpaired) electrons. The molecule has 0 spiro atoms. The molecular weight excluding hydrogens is 913 g/mol. The van der Waals surface area contributed by atoms with Gasteiger partial charge in [0.1, 0.15) is 13.2 Å². The van der Waals surface area contributed by atoms with Crippen molar-refractivity contribution >= 4 is 17.9 Å². The first-order valence-corrected chi connectivity index (χ1v) is 33.3. The molecule has 0 aliphatic heterocycles. The summed E-state index contributed by atoms with van der Waals surface area (Å²) in [4.78, 5) is 38.1. The maximum atomic E-state index is 12.9. The molecule has 0 aromatic rings. The number of ether oxygens (including phenoxy) is 3. The first-order valence-electron chi connectivity index (χ1n) is 33.3. The number of allylic oxidation sites excluding steroid dienone is 4. The van der Waals surface area contributed by atoms with Gasteiger partial charge in [-0.1, -0.05) is 328 Å². The lowest BCUT2D eigenvalue weighted by Gasteiger charge is -2.18. The van der Waals surface area contributed by atoms with E-state index in [9.17, 15) is 14.4 Å². The minimum absolute atomic E-state index is 0.0660. The van der Waals surface area contributed by atoms with Crippen molar-refractivity contribution in [1.29, 1.82) is 0 Å². The van der Waals surface area contributed by atoms with E-state index in [1.165, 1.54) is 270 Å². The molecule has 0 aromatic carbocycles. The van der Waals surface area contributed by atoms with Gasteiger partial charge in [0.2, 0.25) is 0 Å². The lowest BCUT2D eigenvalue weighted by Crippen LogP contribution is -2.30. The largest absolute Gasteiger partial charge is 0.462 e. The summed E-state index contributed by atoms with van der Waals surface area (Å²) in [6.07, 6.45) is 76.5. The molecule has 0 saturated heterocycles. The fourth-order valence-corrected chi connectivity index (χ4v) is 10.2. The minimum atomic E-state index is -0.765. The number of carbonyl (C=O) groups is 3. The zero-order valence-electron chi connectivity index (χ0n) is 50.1. The zero-order chi connectivity index (χ0) is 53.6. The van der Waals surface area contributed by atoms with Crippen LogP contribution in [0.15, 0.2) is 24.3 Å². The highest BCUT2D eigenvalue weighted by molar-refractivity contribution is 5.71. The fourth-order valence-electron chi connectivity index (χ4n) is 10.2. The Bertz CT molecular complexity index is 1190. The maximum absolute atomic E-state index is 12.9. The van der Waals surface area contributed by atoms with E-state index in [1.54, 1.807) is 0 Å². The quantitative estimate of drug-likeness (QED) is 0.0261. The molecule has 436 valence electrons. The molecular formula is C68H128O6. The Labute approximate surface area is 462 Å². The summed E-state index contributed by atoms with van der Waals surface area (Å²) in [5, 5.41) is 0. The summed E-state index contributed by atoms with van der Waals surface area (Å²) in [6.45, 7) is 6.66. The highest BCUT2D eigenvalue weighted by Gasteiger charge is 2.19. The first-order chi connectivity index (χ1) is 36.5. The van der Waals surface area contributed by atoms with Gasteiger partial charge < -0.3 is 14.2 Å². The van der Waals surface area contributed by atoms with Crippen LogP contribution < -0.4 is 0 Å². The maximum Gasteiger partial charge on any atom is 0.306 e. The monoisotopic (exact) mass is 1040 g/mol. The Balaban J connectivity index is 4.06. The van der Waals surface area contributed by atoms with Crippen LogP contribution in [0.1, 0.15) is 374 Å². The van der Waals surface area contributed by atoms with E-state index in [0.717, 1.165) is 64.2 Å². The Morgan fingerprint density at radius 2 is 0.486 bits per heavy atom. The molecule has 0 aliphatic carbocycles. The van der Waals surface area contributed by atoms with E-state index in [1.807, 2.05) is 0 Å². The van der Waals surface area contributed by atoms with Crippen molar-refractivity contribution in [3.05, 3.63) is 24.3 Å². The van der Waals surface area contributed by atoms with Gasteiger partial charge in [0.15, 0.2) is 6.10 Å². The molecule has 0 saturated carbocycles. The summed E-state index contributed by atoms with van der Waals surface area (Å²) < 4.78 is 16.9. The molecule has 1 atom stereocenters.